The van der Waals surface area contributed by atoms with Crippen LogP contribution in [-0.4, -0.2) is 71.1 Å². The monoisotopic (exact) mass is 449 g/mol. The third-order valence-corrected chi connectivity index (χ3v) is 6.57. The van der Waals surface area contributed by atoms with Crippen LogP contribution in [0.3, 0.4) is 0 Å². The number of anilines is 1. The molecule has 7 heteroatoms. The number of hydrogen-bond donors (Lipinski definition) is 0. The van der Waals surface area contributed by atoms with Crippen LogP contribution in [0.5, 0.6) is 0 Å². The van der Waals surface area contributed by atoms with Crippen molar-refractivity contribution in [2.45, 2.75) is 39.5 Å². The van der Waals surface area contributed by atoms with Crippen LogP contribution in [0.25, 0.3) is 11.3 Å². The van der Waals surface area contributed by atoms with Crippen molar-refractivity contribution in [2.75, 3.05) is 44.2 Å². The van der Waals surface area contributed by atoms with E-state index in [1.165, 1.54) is 0 Å². The van der Waals surface area contributed by atoms with Gasteiger partial charge in [0.25, 0.3) is 0 Å². The summed E-state index contributed by atoms with van der Waals surface area (Å²) in [6.07, 6.45) is 3.92. The number of hydrogen-bond acceptors (Lipinski definition) is 5. The molecule has 1 aromatic carbocycles. The lowest BCUT2D eigenvalue weighted by Gasteiger charge is -2.33. The molecule has 176 valence electrons. The minimum absolute atomic E-state index is 0.0516. The van der Waals surface area contributed by atoms with Crippen molar-refractivity contribution < 1.29 is 9.59 Å². The molecule has 2 amide bonds. The van der Waals surface area contributed by atoms with E-state index < -0.39 is 0 Å². The summed E-state index contributed by atoms with van der Waals surface area (Å²) >= 11 is 0. The summed E-state index contributed by atoms with van der Waals surface area (Å²) in [4.78, 5) is 31.9. The van der Waals surface area contributed by atoms with E-state index in [1.807, 2.05) is 47.4 Å². The van der Waals surface area contributed by atoms with Crippen molar-refractivity contribution in [3.63, 3.8) is 0 Å². The summed E-state index contributed by atoms with van der Waals surface area (Å²) in [5, 5.41) is 8.86. The standard InChI is InChI=1S/C26H35N5O2/c1-20(2)18-31(26(33)22-10-6-11-22)19-25(32)30-15-7-14-29(16-17-30)24-13-12-23(27-28-24)21-8-4-3-5-9-21/h3-5,8-9,12-13,20,22H,6-7,10-11,14-19H2,1-2H3. The van der Waals surface area contributed by atoms with E-state index in [1.54, 1.807) is 4.90 Å². The van der Waals surface area contributed by atoms with Crippen LogP contribution in [0.4, 0.5) is 5.82 Å². The summed E-state index contributed by atoms with van der Waals surface area (Å²) < 4.78 is 0. The fraction of sp³-hybridized carbons (Fsp3) is 0.538. The zero-order chi connectivity index (χ0) is 23.2. The van der Waals surface area contributed by atoms with Crippen LogP contribution in [0.2, 0.25) is 0 Å². The van der Waals surface area contributed by atoms with Crippen LogP contribution in [0.1, 0.15) is 39.5 Å². The van der Waals surface area contributed by atoms with E-state index in [4.69, 9.17) is 0 Å². The Hall–Kier alpha value is -2.96. The Morgan fingerprint density at radius 1 is 0.970 bits per heavy atom. The van der Waals surface area contributed by atoms with E-state index in [-0.39, 0.29) is 24.3 Å². The Morgan fingerprint density at radius 2 is 1.76 bits per heavy atom. The Balaban J connectivity index is 1.35. The van der Waals surface area contributed by atoms with Gasteiger partial charge in [0.2, 0.25) is 11.8 Å². The Bertz CT molecular complexity index is 927. The van der Waals surface area contributed by atoms with Crippen LogP contribution < -0.4 is 4.90 Å². The van der Waals surface area contributed by atoms with Crippen LogP contribution in [0.15, 0.2) is 42.5 Å². The maximum atomic E-state index is 13.1. The first-order valence-corrected chi connectivity index (χ1v) is 12.2. The quantitative estimate of drug-likeness (QED) is 0.647. The maximum Gasteiger partial charge on any atom is 0.242 e. The van der Waals surface area contributed by atoms with Crippen molar-refractivity contribution in [1.82, 2.24) is 20.0 Å². The molecule has 0 unspecified atom stereocenters. The smallest absolute Gasteiger partial charge is 0.242 e. The molecule has 0 N–H and O–H groups in total. The summed E-state index contributed by atoms with van der Waals surface area (Å²) in [7, 11) is 0. The molecule has 2 fully saturated rings. The first-order chi connectivity index (χ1) is 16.0. The number of amides is 2. The van der Waals surface area contributed by atoms with Crippen LogP contribution in [0, 0.1) is 11.8 Å². The first-order valence-electron chi connectivity index (χ1n) is 12.2. The summed E-state index contributed by atoms with van der Waals surface area (Å²) in [6.45, 7) is 7.92. The van der Waals surface area contributed by atoms with Gasteiger partial charge in [-0.3, -0.25) is 9.59 Å². The molecule has 0 atom stereocenters. The predicted octanol–water partition coefficient (Wildman–Crippen LogP) is 3.47. The van der Waals surface area contributed by atoms with Gasteiger partial charge in [0, 0.05) is 44.2 Å². The summed E-state index contributed by atoms with van der Waals surface area (Å²) in [5.41, 5.74) is 1.90. The van der Waals surface area contributed by atoms with Gasteiger partial charge in [-0.05, 0) is 37.3 Å². The van der Waals surface area contributed by atoms with Gasteiger partial charge in [-0.2, -0.15) is 0 Å². The first kappa shape index (κ1) is 23.2. The molecule has 0 bridgehead atoms. The van der Waals surface area contributed by atoms with E-state index in [2.05, 4.69) is 28.9 Å². The molecule has 0 radical (unpaired) electrons. The molecular formula is C26H35N5O2. The number of rotatable bonds is 7. The highest BCUT2D eigenvalue weighted by atomic mass is 16.2. The third-order valence-electron chi connectivity index (χ3n) is 6.57. The van der Waals surface area contributed by atoms with Gasteiger partial charge in [-0.25, -0.2) is 0 Å². The SMILES string of the molecule is CC(C)CN(CC(=O)N1CCCN(c2ccc(-c3ccccc3)nn2)CC1)C(=O)C1CCC1. The minimum Gasteiger partial charge on any atom is -0.353 e. The molecule has 0 spiro atoms. The number of carbonyl (C=O) groups is 2. The number of benzene rings is 1. The Kier molecular flexibility index (Phi) is 7.57. The van der Waals surface area contributed by atoms with Gasteiger partial charge < -0.3 is 14.7 Å². The van der Waals surface area contributed by atoms with Crippen molar-refractivity contribution >= 4 is 17.6 Å². The highest BCUT2D eigenvalue weighted by Crippen LogP contribution is 2.28. The number of carbonyl (C=O) groups excluding carboxylic acids is 2. The third kappa shape index (κ3) is 5.89. The zero-order valence-electron chi connectivity index (χ0n) is 19.8. The number of aromatic nitrogens is 2. The van der Waals surface area contributed by atoms with E-state index in [0.29, 0.717) is 32.1 Å². The molecule has 2 aliphatic rings. The lowest BCUT2D eigenvalue weighted by molar-refractivity contribution is -0.145. The maximum absolute atomic E-state index is 13.1. The lowest BCUT2D eigenvalue weighted by Crippen LogP contribution is -2.48. The van der Waals surface area contributed by atoms with Gasteiger partial charge in [-0.1, -0.05) is 50.6 Å². The molecule has 2 heterocycles. The van der Waals surface area contributed by atoms with Crippen molar-refractivity contribution in [1.29, 1.82) is 0 Å². The molecule has 1 saturated carbocycles. The fourth-order valence-corrected chi connectivity index (χ4v) is 4.50. The van der Waals surface area contributed by atoms with Gasteiger partial charge >= 0.3 is 0 Å². The minimum atomic E-state index is 0.0516. The molecule has 2 aromatic rings. The molecule has 33 heavy (non-hydrogen) atoms. The predicted molar refractivity (Wildman–Crippen MR) is 130 cm³/mol. The van der Waals surface area contributed by atoms with Crippen LogP contribution >= 0.6 is 0 Å². The van der Waals surface area contributed by atoms with E-state index >= 15 is 0 Å². The largest absolute Gasteiger partial charge is 0.353 e. The van der Waals surface area contributed by atoms with Crippen molar-refractivity contribution in [2.24, 2.45) is 11.8 Å². The topological polar surface area (TPSA) is 69.6 Å². The van der Waals surface area contributed by atoms with Crippen molar-refractivity contribution in [3.8, 4) is 11.3 Å². The number of nitrogens with zero attached hydrogens (tertiary/aromatic N) is 5. The second-order valence-electron chi connectivity index (χ2n) is 9.60. The molecular weight excluding hydrogens is 414 g/mol. The van der Waals surface area contributed by atoms with Gasteiger partial charge in [0.1, 0.15) is 0 Å². The fourth-order valence-electron chi connectivity index (χ4n) is 4.50. The highest BCUT2D eigenvalue weighted by Gasteiger charge is 2.32. The van der Waals surface area contributed by atoms with Crippen molar-refractivity contribution in [3.05, 3.63) is 42.5 Å². The average molecular weight is 450 g/mol. The second kappa shape index (κ2) is 10.8. The average Bonchev–Trinajstić information content (AvgIpc) is 3.04. The summed E-state index contributed by atoms with van der Waals surface area (Å²) in [5.74, 6) is 1.52. The molecule has 4 rings (SSSR count). The van der Waals surface area contributed by atoms with E-state index in [0.717, 1.165) is 49.3 Å². The molecule has 1 saturated heterocycles. The second-order valence-corrected chi connectivity index (χ2v) is 9.60. The zero-order valence-corrected chi connectivity index (χ0v) is 19.8. The van der Waals surface area contributed by atoms with E-state index in [9.17, 15) is 9.59 Å². The van der Waals surface area contributed by atoms with Gasteiger partial charge in [0.15, 0.2) is 5.82 Å². The summed E-state index contributed by atoms with van der Waals surface area (Å²) in [6, 6.07) is 14.0. The molecule has 7 nitrogen and oxygen atoms in total. The highest BCUT2D eigenvalue weighted by molar-refractivity contribution is 5.86. The normalized spacial score (nSPS) is 16.9. The van der Waals surface area contributed by atoms with Gasteiger partial charge in [-0.15, -0.1) is 10.2 Å². The van der Waals surface area contributed by atoms with Crippen LogP contribution in [-0.2, 0) is 9.59 Å². The molecule has 1 aromatic heterocycles. The molecule has 1 aliphatic carbocycles. The Labute approximate surface area is 196 Å². The molecule has 1 aliphatic heterocycles. The van der Waals surface area contributed by atoms with Gasteiger partial charge in [0.05, 0.1) is 12.2 Å². The lowest BCUT2D eigenvalue weighted by atomic mass is 9.84. The Morgan fingerprint density at radius 3 is 2.39 bits per heavy atom.